The number of aromatic nitrogens is 2. The van der Waals surface area contributed by atoms with Gasteiger partial charge in [0.2, 0.25) is 0 Å². The number of carbonyl (C=O) groups excluding carboxylic acids is 1. The van der Waals surface area contributed by atoms with Crippen molar-refractivity contribution in [3.63, 3.8) is 0 Å². The van der Waals surface area contributed by atoms with E-state index in [1.165, 1.54) is 11.3 Å². The van der Waals surface area contributed by atoms with Gasteiger partial charge in [0, 0.05) is 43.1 Å². The number of benzene rings is 2. The van der Waals surface area contributed by atoms with Crippen molar-refractivity contribution in [3.8, 4) is 34.3 Å². The average Bonchev–Trinajstić information content (AvgIpc) is 3.48. The van der Waals surface area contributed by atoms with Crippen molar-refractivity contribution in [3.05, 3.63) is 59.2 Å². The summed E-state index contributed by atoms with van der Waals surface area (Å²) in [5.74, 6) is 2.62. The number of fused-ring (bicyclic) bond motifs is 1. The molecule has 2 aromatic heterocycles. The second-order valence-electron chi connectivity index (χ2n) is 7.85. The van der Waals surface area contributed by atoms with Crippen LogP contribution in [-0.4, -0.2) is 61.5 Å². The summed E-state index contributed by atoms with van der Waals surface area (Å²) < 4.78 is 23.9. The van der Waals surface area contributed by atoms with Gasteiger partial charge in [-0.3, -0.25) is 9.20 Å². The minimum Gasteiger partial charge on any atom is -0.496 e. The van der Waals surface area contributed by atoms with Gasteiger partial charge in [-0.25, -0.2) is 4.98 Å². The fraction of sp³-hybridized carbons (Fsp3) is 0.308. The molecular formula is C26H29N3O6S. The van der Waals surface area contributed by atoms with Gasteiger partial charge in [0.15, 0.2) is 4.96 Å². The predicted octanol–water partition coefficient (Wildman–Crippen LogP) is 3.82. The van der Waals surface area contributed by atoms with E-state index in [4.69, 9.17) is 29.0 Å². The number of carbonyl (C=O) groups is 1. The SMILES string of the molecule is COc1ccc(OCCCO)cc1-c1cn2cc(C(=O)NCCc3c(OC)cccc3OC)sc2n1. The summed E-state index contributed by atoms with van der Waals surface area (Å²) in [5.41, 5.74) is 2.40. The second-order valence-corrected chi connectivity index (χ2v) is 8.86. The Morgan fingerprint density at radius 2 is 1.81 bits per heavy atom. The first-order valence-corrected chi connectivity index (χ1v) is 12.3. The normalized spacial score (nSPS) is 10.9. The molecule has 36 heavy (non-hydrogen) atoms. The van der Waals surface area contributed by atoms with Gasteiger partial charge < -0.3 is 29.4 Å². The monoisotopic (exact) mass is 511 g/mol. The van der Waals surface area contributed by atoms with Gasteiger partial charge in [0.05, 0.1) is 33.6 Å². The minimum absolute atomic E-state index is 0.0743. The highest BCUT2D eigenvalue weighted by Gasteiger charge is 2.17. The van der Waals surface area contributed by atoms with Crippen molar-refractivity contribution < 1.29 is 28.8 Å². The smallest absolute Gasteiger partial charge is 0.263 e. The summed E-state index contributed by atoms with van der Waals surface area (Å²) in [6.07, 6.45) is 4.75. The molecule has 190 valence electrons. The summed E-state index contributed by atoms with van der Waals surface area (Å²) in [6, 6.07) is 11.1. The third kappa shape index (κ3) is 5.55. The van der Waals surface area contributed by atoms with Gasteiger partial charge >= 0.3 is 0 Å². The van der Waals surface area contributed by atoms with Crippen molar-refractivity contribution in [1.29, 1.82) is 0 Å². The largest absolute Gasteiger partial charge is 0.496 e. The number of aliphatic hydroxyl groups is 1. The number of imidazole rings is 1. The fourth-order valence-corrected chi connectivity index (χ4v) is 4.71. The number of nitrogens with zero attached hydrogens (tertiary/aromatic N) is 2. The van der Waals surface area contributed by atoms with E-state index >= 15 is 0 Å². The van der Waals surface area contributed by atoms with Crippen molar-refractivity contribution in [1.82, 2.24) is 14.7 Å². The van der Waals surface area contributed by atoms with Crippen LogP contribution < -0.4 is 24.3 Å². The Hall–Kier alpha value is -3.76. The summed E-state index contributed by atoms with van der Waals surface area (Å²) >= 11 is 1.31. The molecule has 0 spiro atoms. The Labute approximate surface area is 213 Å². The molecule has 0 aliphatic carbocycles. The number of hydrogen-bond donors (Lipinski definition) is 2. The molecule has 0 unspecified atom stereocenters. The van der Waals surface area contributed by atoms with Gasteiger partial charge in [-0.2, -0.15) is 0 Å². The molecule has 1 amide bonds. The summed E-state index contributed by atoms with van der Waals surface area (Å²) in [7, 11) is 4.83. The lowest BCUT2D eigenvalue weighted by Crippen LogP contribution is -2.25. The van der Waals surface area contributed by atoms with E-state index in [9.17, 15) is 4.79 Å². The van der Waals surface area contributed by atoms with Crippen molar-refractivity contribution in [2.24, 2.45) is 0 Å². The Balaban J connectivity index is 1.46. The Bertz CT molecular complexity index is 1280. The molecule has 2 N–H and O–H groups in total. The Morgan fingerprint density at radius 3 is 2.47 bits per heavy atom. The van der Waals surface area contributed by atoms with Crippen LogP contribution in [0.25, 0.3) is 16.2 Å². The van der Waals surface area contributed by atoms with Crippen LogP contribution in [0.5, 0.6) is 23.0 Å². The van der Waals surface area contributed by atoms with Crippen LogP contribution in [0.2, 0.25) is 0 Å². The summed E-state index contributed by atoms with van der Waals surface area (Å²) in [5, 5.41) is 11.9. The molecule has 0 aliphatic rings. The van der Waals surface area contributed by atoms with Crippen molar-refractivity contribution >= 4 is 22.2 Å². The van der Waals surface area contributed by atoms with E-state index in [0.29, 0.717) is 53.0 Å². The molecule has 2 aromatic carbocycles. The minimum atomic E-state index is -0.169. The number of nitrogens with one attached hydrogen (secondary N) is 1. The molecule has 0 saturated heterocycles. The lowest BCUT2D eigenvalue weighted by Gasteiger charge is -2.13. The van der Waals surface area contributed by atoms with E-state index in [0.717, 1.165) is 22.6 Å². The third-order valence-corrected chi connectivity index (χ3v) is 6.58. The standard InChI is InChI=1S/C26H29N3O6S/c1-32-21-6-4-7-22(33-2)18(21)10-11-27-25(31)24-16-29-15-20(28-26(29)36-24)19-14-17(35-13-5-12-30)8-9-23(19)34-3/h4,6-9,14-16,30H,5,10-13H2,1-3H3,(H,27,31). The maximum Gasteiger partial charge on any atom is 0.263 e. The summed E-state index contributed by atoms with van der Waals surface area (Å²) in [6.45, 7) is 0.926. The number of aliphatic hydroxyl groups excluding tert-OH is 1. The lowest BCUT2D eigenvalue weighted by molar-refractivity contribution is 0.0957. The van der Waals surface area contributed by atoms with Crippen molar-refractivity contribution in [2.45, 2.75) is 12.8 Å². The van der Waals surface area contributed by atoms with E-state index in [2.05, 4.69) is 5.32 Å². The van der Waals surface area contributed by atoms with Gasteiger partial charge in [0.25, 0.3) is 5.91 Å². The molecule has 0 atom stereocenters. The van der Waals surface area contributed by atoms with Crippen LogP contribution in [0, 0.1) is 0 Å². The zero-order chi connectivity index (χ0) is 25.5. The molecule has 4 rings (SSSR count). The van der Waals surface area contributed by atoms with E-state index in [1.807, 2.05) is 47.0 Å². The topological polar surface area (TPSA) is 104 Å². The first-order chi connectivity index (χ1) is 17.6. The number of rotatable bonds is 12. The first-order valence-electron chi connectivity index (χ1n) is 11.5. The highest BCUT2D eigenvalue weighted by atomic mass is 32.1. The predicted molar refractivity (Wildman–Crippen MR) is 138 cm³/mol. The van der Waals surface area contributed by atoms with Crippen LogP contribution in [-0.2, 0) is 6.42 Å². The molecule has 0 aliphatic heterocycles. The molecular weight excluding hydrogens is 482 g/mol. The Kier molecular flexibility index (Phi) is 8.29. The number of ether oxygens (including phenoxy) is 4. The highest BCUT2D eigenvalue weighted by molar-refractivity contribution is 7.18. The molecule has 0 saturated carbocycles. The Morgan fingerprint density at radius 1 is 1.06 bits per heavy atom. The zero-order valence-corrected chi connectivity index (χ0v) is 21.3. The maximum atomic E-state index is 12.8. The quantitative estimate of drug-likeness (QED) is 0.279. The van der Waals surface area contributed by atoms with Crippen LogP contribution in [0.4, 0.5) is 0 Å². The van der Waals surface area contributed by atoms with E-state index in [-0.39, 0.29) is 12.5 Å². The zero-order valence-electron chi connectivity index (χ0n) is 20.4. The van der Waals surface area contributed by atoms with E-state index in [1.54, 1.807) is 27.5 Å². The van der Waals surface area contributed by atoms with Gasteiger partial charge in [-0.1, -0.05) is 17.4 Å². The maximum absolute atomic E-state index is 12.8. The molecule has 0 bridgehead atoms. The summed E-state index contributed by atoms with van der Waals surface area (Å²) in [4.78, 5) is 18.7. The van der Waals surface area contributed by atoms with Crippen LogP contribution in [0.3, 0.4) is 0 Å². The molecule has 2 heterocycles. The van der Waals surface area contributed by atoms with Gasteiger partial charge in [0.1, 0.15) is 27.9 Å². The van der Waals surface area contributed by atoms with E-state index < -0.39 is 0 Å². The van der Waals surface area contributed by atoms with Crippen LogP contribution >= 0.6 is 11.3 Å². The second kappa shape index (κ2) is 11.8. The molecule has 0 radical (unpaired) electrons. The molecule has 9 nitrogen and oxygen atoms in total. The van der Waals surface area contributed by atoms with Gasteiger partial charge in [-0.05, 0) is 36.8 Å². The number of thiazole rings is 1. The van der Waals surface area contributed by atoms with Gasteiger partial charge in [-0.15, -0.1) is 0 Å². The van der Waals surface area contributed by atoms with Crippen molar-refractivity contribution in [2.75, 3.05) is 41.1 Å². The number of methoxy groups -OCH3 is 3. The molecule has 0 fully saturated rings. The third-order valence-electron chi connectivity index (χ3n) is 5.59. The van der Waals surface area contributed by atoms with Crippen LogP contribution in [0.1, 0.15) is 21.7 Å². The fourth-order valence-electron chi connectivity index (χ4n) is 3.82. The average molecular weight is 512 g/mol. The van der Waals surface area contributed by atoms with Crippen LogP contribution in [0.15, 0.2) is 48.8 Å². The first kappa shape index (κ1) is 25.3. The number of amides is 1. The molecule has 4 aromatic rings. The molecule has 10 heteroatoms. The number of hydrogen-bond acceptors (Lipinski definition) is 8. The lowest BCUT2D eigenvalue weighted by atomic mass is 10.1. The highest BCUT2D eigenvalue weighted by Crippen LogP contribution is 2.34.